The predicted molar refractivity (Wildman–Crippen MR) is 78.1 cm³/mol. The highest BCUT2D eigenvalue weighted by Crippen LogP contribution is 2.14. The van der Waals surface area contributed by atoms with Crippen LogP contribution in [0.5, 0.6) is 5.88 Å². The molecule has 1 aromatic rings. The molecule has 0 aliphatic carbocycles. The Morgan fingerprint density at radius 1 is 1.00 bits per heavy atom. The molecule has 1 heterocycles. The molecule has 0 unspecified atom stereocenters. The quantitative estimate of drug-likeness (QED) is 0.449. The molecule has 1 rings (SSSR count). The minimum absolute atomic E-state index is 0.449. The Kier molecular flexibility index (Phi) is 9.48. The van der Waals surface area contributed by atoms with Gasteiger partial charge in [-0.15, -0.1) is 0 Å². The summed E-state index contributed by atoms with van der Waals surface area (Å²) in [4.78, 5) is 8.48. The van der Waals surface area contributed by atoms with Gasteiger partial charge in [-0.1, -0.05) is 6.92 Å². The van der Waals surface area contributed by atoms with Gasteiger partial charge >= 0.3 is 0 Å². The lowest BCUT2D eigenvalue weighted by molar-refractivity contribution is 0.0176. The summed E-state index contributed by atoms with van der Waals surface area (Å²) in [6, 6.07) is 1.74. The lowest BCUT2D eigenvalue weighted by Gasteiger charge is -2.08. The molecule has 0 fully saturated rings. The maximum atomic E-state index is 5.51. The topological polar surface area (TPSA) is 62.7 Å². The van der Waals surface area contributed by atoms with Crippen molar-refractivity contribution in [1.82, 2.24) is 9.97 Å². The zero-order valence-electron chi connectivity index (χ0n) is 11.9. The second-order valence-corrected chi connectivity index (χ2v) is 4.68. The van der Waals surface area contributed by atoms with Gasteiger partial charge in [0.2, 0.25) is 5.88 Å². The highest BCUT2D eigenvalue weighted by molar-refractivity contribution is 9.10. The maximum absolute atomic E-state index is 5.51. The highest BCUT2D eigenvalue weighted by Gasteiger charge is 2.02. The molecule has 0 amide bonds. The SMILES string of the molecule is CCc1nc(Br)cc(OCCOCCOCCOC)n1. The zero-order valence-corrected chi connectivity index (χ0v) is 13.5. The smallest absolute Gasteiger partial charge is 0.217 e. The number of aryl methyl sites for hydroxylation is 1. The van der Waals surface area contributed by atoms with Crippen molar-refractivity contribution in [2.24, 2.45) is 0 Å². The van der Waals surface area contributed by atoms with Crippen molar-refractivity contribution < 1.29 is 18.9 Å². The summed E-state index contributed by atoms with van der Waals surface area (Å²) in [5.74, 6) is 1.31. The molecule has 0 aliphatic heterocycles. The third-order valence-corrected chi connectivity index (χ3v) is 2.72. The first-order valence-electron chi connectivity index (χ1n) is 6.57. The number of rotatable bonds is 11. The van der Waals surface area contributed by atoms with E-state index in [1.54, 1.807) is 13.2 Å². The minimum Gasteiger partial charge on any atom is -0.475 e. The fourth-order valence-electron chi connectivity index (χ4n) is 1.34. The van der Waals surface area contributed by atoms with Gasteiger partial charge in [0.25, 0.3) is 0 Å². The van der Waals surface area contributed by atoms with E-state index in [-0.39, 0.29) is 0 Å². The molecule has 0 atom stereocenters. The standard InChI is InChI=1S/C13H21BrN2O4/c1-3-12-15-11(14)10-13(16-12)20-9-8-19-7-6-18-5-4-17-2/h10H,3-9H2,1-2H3. The number of hydrogen-bond acceptors (Lipinski definition) is 6. The van der Waals surface area contributed by atoms with Crippen molar-refractivity contribution in [3.8, 4) is 5.88 Å². The van der Waals surface area contributed by atoms with Crippen LogP contribution in [-0.2, 0) is 20.6 Å². The summed E-state index contributed by atoms with van der Waals surface area (Å²) in [6.45, 7) is 5.24. The lowest BCUT2D eigenvalue weighted by Crippen LogP contribution is -2.13. The van der Waals surface area contributed by atoms with E-state index in [1.807, 2.05) is 6.92 Å². The second kappa shape index (κ2) is 11.0. The van der Waals surface area contributed by atoms with E-state index >= 15 is 0 Å². The molecule has 7 heteroatoms. The third-order valence-electron chi connectivity index (χ3n) is 2.32. The summed E-state index contributed by atoms with van der Waals surface area (Å²) in [7, 11) is 1.65. The van der Waals surface area contributed by atoms with Crippen molar-refractivity contribution in [2.45, 2.75) is 13.3 Å². The van der Waals surface area contributed by atoms with Gasteiger partial charge in [0, 0.05) is 19.6 Å². The number of halogens is 1. The van der Waals surface area contributed by atoms with Gasteiger partial charge in [0.15, 0.2) is 0 Å². The predicted octanol–water partition coefficient (Wildman–Crippen LogP) is 1.86. The van der Waals surface area contributed by atoms with Crippen LogP contribution in [0.2, 0.25) is 0 Å². The number of ether oxygens (including phenoxy) is 4. The van der Waals surface area contributed by atoms with Crippen LogP contribution in [0, 0.1) is 0 Å². The van der Waals surface area contributed by atoms with Gasteiger partial charge in [-0.3, -0.25) is 0 Å². The van der Waals surface area contributed by atoms with E-state index in [2.05, 4.69) is 25.9 Å². The molecular formula is C13H21BrN2O4. The van der Waals surface area contributed by atoms with Crippen LogP contribution in [-0.4, -0.2) is 56.7 Å². The summed E-state index contributed by atoms with van der Waals surface area (Å²) >= 11 is 3.33. The zero-order chi connectivity index (χ0) is 14.6. The third kappa shape index (κ3) is 7.74. The number of aromatic nitrogens is 2. The molecule has 0 bridgehead atoms. The Bertz CT molecular complexity index is 379. The minimum atomic E-state index is 0.449. The maximum Gasteiger partial charge on any atom is 0.217 e. The van der Waals surface area contributed by atoms with Gasteiger partial charge in [0.05, 0.1) is 33.0 Å². The molecule has 0 aliphatic rings. The van der Waals surface area contributed by atoms with Gasteiger partial charge in [-0.2, -0.15) is 4.98 Å². The van der Waals surface area contributed by atoms with E-state index in [4.69, 9.17) is 18.9 Å². The molecule has 20 heavy (non-hydrogen) atoms. The summed E-state index contributed by atoms with van der Waals surface area (Å²) in [5.41, 5.74) is 0. The van der Waals surface area contributed by atoms with Crippen LogP contribution < -0.4 is 4.74 Å². The first-order valence-corrected chi connectivity index (χ1v) is 7.36. The van der Waals surface area contributed by atoms with Gasteiger partial charge in [-0.25, -0.2) is 4.98 Å². The molecule has 0 saturated heterocycles. The second-order valence-electron chi connectivity index (χ2n) is 3.86. The molecule has 0 N–H and O–H groups in total. The summed E-state index contributed by atoms with van der Waals surface area (Å²) in [6.07, 6.45) is 0.769. The Morgan fingerprint density at radius 3 is 2.30 bits per heavy atom. The summed E-state index contributed by atoms with van der Waals surface area (Å²) in [5, 5.41) is 0. The fraction of sp³-hybridized carbons (Fsp3) is 0.692. The van der Waals surface area contributed by atoms with Gasteiger partial charge in [0.1, 0.15) is 17.0 Å². The van der Waals surface area contributed by atoms with Gasteiger partial charge in [-0.05, 0) is 15.9 Å². The number of methoxy groups -OCH3 is 1. The Morgan fingerprint density at radius 2 is 1.65 bits per heavy atom. The summed E-state index contributed by atoms with van der Waals surface area (Å²) < 4.78 is 21.7. The molecule has 0 radical (unpaired) electrons. The lowest BCUT2D eigenvalue weighted by atomic mass is 10.4. The number of hydrogen-bond donors (Lipinski definition) is 0. The molecule has 0 spiro atoms. The van der Waals surface area contributed by atoms with E-state index in [0.29, 0.717) is 45.5 Å². The van der Waals surface area contributed by atoms with Crippen LogP contribution >= 0.6 is 15.9 Å². The van der Waals surface area contributed by atoms with Crippen molar-refractivity contribution >= 4 is 15.9 Å². The fourth-order valence-corrected chi connectivity index (χ4v) is 1.74. The average molecular weight is 349 g/mol. The first-order chi connectivity index (χ1) is 9.76. The molecule has 6 nitrogen and oxygen atoms in total. The molecular weight excluding hydrogens is 328 g/mol. The largest absolute Gasteiger partial charge is 0.475 e. The van der Waals surface area contributed by atoms with Crippen molar-refractivity contribution in [2.75, 3.05) is 46.8 Å². The van der Waals surface area contributed by atoms with Crippen LogP contribution in [0.4, 0.5) is 0 Å². The van der Waals surface area contributed by atoms with Gasteiger partial charge < -0.3 is 18.9 Å². The first kappa shape index (κ1) is 17.3. The molecule has 0 saturated carbocycles. The van der Waals surface area contributed by atoms with E-state index < -0.39 is 0 Å². The van der Waals surface area contributed by atoms with Crippen molar-refractivity contribution in [1.29, 1.82) is 0 Å². The van der Waals surface area contributed by atoms with Crippen molar-refractivity contribution in [3.05, 3.63) is 16.5 Å². The van der Waals surface area contributed by atoms with Crippen molar-refractivity contribution in [3.63, 3.8) is 0 Å². The van der Waals surface area contributed by atoms with E-state index in [1.165, 1.54) is 0 Å². The Balaban J connectivity index is 2.08. The van der Waals surface area contributed by atoms with Crippen LogP contribution in [0.3, 0.4) is 0 Å². The average Bonchev–Trinajstić information content (AvgIpc) is 2.45. The Hall–Kier alpha value is -0.760. The normalized spacial score (nSPS) is 10.8. The van der Waals surface area contributed by atoms with Crippen LogP contribution in [0.1, 0.15) is 12.7 Å². The molecule has 0 aromatic carbocycles. The number of nitrogens with zero attached hydrogens (tertiary/aromatic N) is 2. The van der Waals surface area contributed by atoms with E-state index in [9.17, 15) is 0 Å². The Labute approximate surface area is 127 Å². The highest BCUT2D eigenvalue weighted by atomic mass is 79.9. The molecule has 1 aromatic heterocycles. The van der Waals surface area contributed by atoms with E-state index in [0.717, 1.165) is 16.8 Å². The monoisotopic (exact) mass is 348 g/mol. The van der Waals surface area contributed by atoms with Crippen LogP contribution in [0.25, 0.3) is 0 Å². The van der Waals surface area contributed by atoms with Crippen LogP contribution in [0.15, 0.2) is 10.7 Å². The molecule has 114 valence electrons.